The molecule has 0 radical (unpaired) electrons. The molecular weight excluding hydrogens is 220 g/mol. The number of hydrogen-bond donors (Lipinski definition) is 2. The molecule has 0 aromatic heterocycles. The lowest BCUT2D eigenvalue weighted by atomic mass is 10.5. The van der Waals surface area contributed by atoms with Gasteiger partial charge in [-0.3, -0.25) is 0 Å². The van der Waals surface area contributed by atoms with Crippen LogP contribution < -0.4 is 10.6 Å². The molecule has 0 spiro atoms. The molecule has 2 rings (SSSR count). The largest absolute Gasteiger partial charge is 0.360 e. The minimum Gasteiger partial charge on any atom is -0.360 e. The van der Waals surface area contributed by atoms with Crippen molar-refractivity contribution in [2.24, 2.45) is 0 Å². The predicted octanol–water partition coefficient (Wildman–Crippen LogP) is -1.71. The van der Waals surface area contributed by atoms with Gasteiger partial charge in [-0.15, -0.1) is 0 Å². The fourth-order valence-electron chi connectivity index (χ4n) is 1.67. The highest BCUT2D eigenvalue weighted by Crippen LogP contribution is 2.15. The highest BCUT2D eigenvalue weighted by Gasteiger charge is 2.37. The minimum absolute atomic E-state index is 0.349. The van der Waals surface area contributed by atoms with E-state index in [1.165, 1.54) is 0 Å². The van der Waals surface area contributed by atoms with Crippen LogP contribution in [-0.2, 0) is 19.3 Å². The summed E-state index contributed by atoms with van der Waals surface area (Å²) in [5.41, 5.74) is -1.53. The minimum atomic E-state index is -3.35. The van der Waals surface area contributed by atoms with Gasteiger partial charge in [0.05, 0.1) is 13.2 Å². The van der Waals surface area contributed by atoms with Crippen molar-refractivity contribution in [2.45, 2.75) is 10.9 Å². The van der Waals surface area contributed by atoms with Crippen LogP contribution in [0.15, 0.2) is 0 Å². The molecule has 6 nitrogen and oxygen atoms in total. The topological polar surface area (TPSA) is 76.7 Å². The van der Waals surface area contributed by atoms with Crippen LogP contribution in [0.25, 0.3) is 0 Å². The first-order valence-corrected chi connectivity index (χ1v) is 6.69. The van der Waals surface area contributed by atoms with Gasteiger partial charge in [-0.25, -0.2) is 8.42 Å². The fraction of sp³-hybridized carbons (Fsp3) is 1.00. The summed E-state index contributed by atoms with van der Waals surface area (Å²) in [5, 5.41) is 6.00. The Morgan fingerprint density at radius 2 is 1.40 bits per heavy atom. The van der Waals surface area contributed by atoms with Crippen molar-refractivity contribution >= 4 is 9.84 Å². The Kier molecular flexibility index (Phi) is 3.57. The summed E-state index contributed by atoms with van der Waals surface area (Å²) in [6, 6.07) is 0. The van der Waals surface area contributed by atoms with Crippen molar-refractivity contribution in [2.75, 3.05) is 39.4 Å². The smallest absolute Gasteiger partial charge is 0.206 e. The molecular formula is C8H16N2O4S. The highest BCUT2D eigenvalue weighted by atomic mass is 32.2. The Morgan fingerprint density at radius 1 is 0.933 bits per heavy atom. The molecule has 2 unspecified atom stereocenters. The number of rotatable bonds is 2. The zero-order valence-corrected chi connectivity index (χ0v) is 9.26. The first kappa shape index (κ1) is 11.3. The molecule has 7 heteroatoms. The number of morpholine rings is 2. The second-order valence-corrected chi connectivity index (χ2v) is 5.83. The van der Waals surface area contributed by atoms with E-state index in [1.54, 1.807) is 0 Å². The van der Waals surface area contributed by atoms with Gasteiger partial charge in [0.15, 0.2) is 10.9 Å². The fourth-order valence-corrected chi connectivity index (χ4v) is 3.28. The van der Waals surface area contributed by atoms with E-state index in [2.05, 4.69) is 10.6 Å². The highest BCUT2D eigenvalue weighted by molar-refractivity contribution is 7.92. The normalized spacial score (nSPS) is 33.9. The maximum atomic E-state index is 12.0. The van der Waals surface area contributed by atoms with Gasteiger partial charge in [-0.2, -0.15) is 0 Å². The van der Waals surface area contributed by atoms with Gasteiger partial charge in [0.25, 0.3) is 0 Å². The van der Waals surface area contributed by atoms with E-state index in [0.717, 1.165) is 0 Å². The van der Waals surface area contributed by atoms with E-state index in [9.17, 15) is 8.42 Å². The molecule has 2 fully saturated rings. The maximum absolute atomic E-state index is 12.0. The molecule has 2 N–H and O–H groups in total. The lowest BCUT2D eigenvalue weighted by Crippen LogP contribution is -2.51. The molecule has 88 valence electrons. The number of nitrogens with one attached hydrogen (secondary N) is 2. The van der Waals surface area contributed by atoms with Crippen LogP contribution >= 0.6 is 0 Å². The SMILES string of the molecule is O=S(=O)(C1CNCCO1)C1CNCCO1. The standard InChI is InChI=1S/C8H16N2O4S/c11-15(12,7-5-9-1-3-13-7)8-6-10-2-4-14-8/h7-10H,1-6H2. The van der Waals surface area contributed by atoms with Crippen LogP contribution in [0.2, 0.25) is 0 Å². The van der Waals surface area contributed by atoms with Crippen LogP contribution in [-0.4, -0.2) is 58.7 Å². The maximum Gasteiger partial charge on any atom is 0.206 e. The Balaban J connectivity index is 2.03. The van der Waals surface area contributed by atoms with Gasteiger partial charge in [0.2, 0.25) is 9.84 Å². The molecule has 0 aliphatic carbocycles. The first-order valence-electron chi connectivity index (χ1n) is 5.08. The summed E-state index contributed by atoms with van der Waals surface area (Å²) in [5.74, 6) is 0. The summed E-state index contributed by atoms with van der Waals surface area (Å²) >= 11 is 0. The second-order valence-electron chi connectivity index (χ2n) is 3.60. The number of sulfone groups is 1. The van der Waals surface area contributed by atoms with Gasteiger partial charge in [0, 0.05) is 26.2 Å². The van der Waals surface area contributed by atoms with Gasteiger partial charge in [-0.05, 0) is 0 Å². The molecule has 15 heavy (non-hydrogen) atoms. The summed E-state index contributed by atoms with van der Waals surface area (Å²) in [7, 11) is -3.35. The third-order valence-corrected chi connectivity index (χ3v) is 4.59. The van der Waals surface area contributed by atoms with Gasteiger partial charge < -0.3 is 20.1 Å². The van der Waals surface area contributed by atoms with Gasteiger partial charge >= 0.3 is 0 Å². The average molecular weight is 236 g/mol. The van der Waals surface area contributed by atoms with E-state index in [1.807, 2.05) is 0 Å². The Hall–Kier alpha value is -0.210. The second kappa shape index (κ2) is 4.75. The van der Waals surface area contributed by atoms with Crippen LogP contribution in [0.4, 0.5) is 0 Å². The van der Waals surface area contributed by atoms with Gasteiger partial charge in [0.1, 0.15) is 0 Å². The van der Waals surface area contributed by atoms with E-state index < -0.39 is 20.7 Å². The molecule has 0 saturated carbocycles. The molecule has 2 aliphatic heterocycles. The Labute approximate surface area is 89.2 Å². The average Bonchev–Trinajstić information content (AvgIpc) is 2.31. The van der Waals surface area contributed by atoms with Crippen molar-refractivity contribution in [1.82, 2.24) is 10.6 Å². The van der Waals surface area contributed by atoms with Crippen LogP contribution in [0, 0.1) is 0 Å². The van der Waals surface area contributed by atoms with Crippen molar-refractivity contribution in [1.29, 1.82) is 0 Å². The molecule has 2 saturated heterocycles. The van der Waals surface area contributed by atoms with Crippen molar-refractivity contribution in [3.8, 4) is 0 Å². The Bertz CT molecular complexity index is 270. The molecule has 0 aromatic carbocycles. The third kappa shape index (κ3) is 2.48. The molecule has 2 aliphatic rings. The third-order valence-electron chi connectivity index (χ3n) is 2.52. The Morgan fingerprint density at radius 3 is 1.73 bits per heavy atom. The molecule has 2 heterocycles. The van der Waals surface area contributed by atoms with Crippen LogP contribution in [0.5, 0.6) is 0 Å². The molecule has 2 atom stereocenters. The van der Waals surface area contributed by atoms with Gasteiger partial charge in [-0.1, -0.05) is 0 Å². The lowest BCUT2D eigenvalue weighted by molar-refractivity contribution is 0.0533. The van der Waals surface area contributed by atoms with E-state index in [4.69, 9.17) is 9.47 Å². The molecule has 0 amide bonds. The summed E-state index contributed by atoms with van der Waals surface area (Å²) < 4.78 is 34.5. The number of ether oxygens (including phenoxy) is 2. The van der Waals surface area contributed by atoms with E-state index >= 15 is 0 Å². The monoisotopic (exact) mass is 236 g/mol. The van der Waals surface area contributed by atoms with Crippen LogP contribution in [0.1, 0.15) is 0 Å². The summed E-state index contributed by atoms with van der Waals surface area (Å²) in [6.07, 6.45) is 0. The van der Waals surface area contributed by atoms with E-state index in [0.29, 0.717) is 39.4 Å². The first-order chi connectivity index (χ1) is 7.21. The number of hydrogen-bond acceptors (Lipinski definition) is 6. The lowest BCUT2D eigenvalue weighted by Gasteiger charge is -2.30. The quantitative estimate of drug-likeness (QED) is 0.595. The molecule has 0 aromatic rings. The zero-order valence-electron chi connectivity index (χ0n) is 8.44. The van der Waals surface area contributed by atoms with E-state index in [-0.39, 0.29) is 0 Å². The van der Waals surface area contributed by atoms with Crippen LogP contribution in [0.3, 0.4) is 0 Å². The van der Waals surface area contributed by atoms with Crippen molar-refractivity contribution in [3.05, 3.63) is 0 Å². The molecule has 0 bridgehead atoms. The van der Waals surface area contributed by atoms with Crippen molar-refractivity contribution in [3.63, 3.8) is 0 Å². The summed E-state index contributed by atoms with van der Waals surface area (Å²) in [4.78, 5) is 0. The summed E-state index contributed by atoms with van der Waals surface area (Å²) in [6.45, 7) is 2.98. The zero-order chi connectivity index (χ0) is 10.7. The predicted molar refractivity (Wildman–Crippen MR) is 54.1 cm³/mol. The van der Waals surface area contributed by atoms with Crippen molar-refractivity contribution < 1.29 is 17.9 Å².